The summed E-state index contributed by atoms with van der Waals surface area (Å²) in [4.78, 5) is 3.61. The Morgan fingerprint density at radius 2 is 1.85 bits per heavy atom. The zero-order valence-corrected chi connectivity index (χ0v) is 10.8. The van der Waals surface area contributed by atoms with Gasteiger partial charge in [-0.1, -0.05) is 0 Å². The van der Waals surface area contributed by atoms with E-state index in [4.69, 9.17) is 5.84 Å². The molecule has 1 heterocycles. The third-order valence-electron chi connectivity index (χ3n) is 2.37. The molecule has 0 spiro atoms. The lowest BCUT2D eigenvalue weighted by atomic mass is 10.3. The number of nitrogen functional groups attached to an aromatic ring is 1. The summed E-state index contributed by atoms with van der Waals surface area (Å²) in [6.07, 6.45) is 1.08. The third-order valence-corrected chi connectivity index (χ3v) is 3.73. The number of sulfonamides is 1. The van der Waals surface area contributed by atoms with Crippen LogP contribution in [0, 0.1) is 11.6 Å². The summed E-state index contributed by atoms with van der Waals surface area (Å²) >= 11 is 0. The van der Waals surface area contributed by atoms with E-state index in [1.54, 1.807) is 0 Å². The van der Waals surface area contributed by atoms with Gasteiger partial charge in [-0.15, -0.1) is 0 Å². The fourth-order valence-electron chi connectivity index (χ4n) is 1.40. The van der Waals surface area contributed by atoms with Gasteiger partial charge in [0.2, 0.25) is 0 Å². The maximum absolute atomic E-state index is 13.0. The van der Waals surface area contributed by atoms with E-state index in [9.17, 15) is 17.2 Å². The van der Waals surface area contributed by atoms with Crippen LogP contribution in [-0.4, -0.2) is 13.4 Å². The predicted molar refractivity (Wildman–Crippen MR) is 69.2 cm³/mol. The van der Waals surface area contributed by atoms with Crippen LogP contribution >= 0.6 is 0 Å². The molecule has 1 aromatic carbocycles. The smallest absolute Gasteiger partial charge is 0.263 e. The SMILES string of the molecule is NNc1ccc(S(=O)(=O)Nc2ccc(F)c(F)c2)cn1. The number of benzene rings is 1. The topological polar surface area (TPSA) is 97.1 Å². The Bertz CT molecular complexity index is 720. The van der Waals surface area contributed by atoms with E-state index in [0.29, 0.717) is 0 Å². The predicted octanol–water partition coefficient (Wildman–Crippen LogP) is 1.45. The molecular weight excluding hydrogens is 290 g/mol. The first-order valence-electron chi connectivity index (χ1n) is 5.33. The zero-order chi connectivity index (χ0) is 14.8. The molecule has 9 heteroatoms. The summed E-state index contributed by atoms with van der Waals surface area (Å²) in [7, 11) is -3.94. The van der Waals surface area contributed by atoms with Crippen LogP contribution in [0.15, 0.2) is 41.4 Å². The van der Waals surface area contributed by atoms with E-state index in [0.717, 1.165) is 24.4 Å². The summed E-state index contributed by atoms with van der Waals surface area (Å²) in [5.74, 6) is 3.19. The van der Waals surface area contributed by atoms with Crippen molar-refractivity contribution in [3.05, 3.63) is 48.2 Å². The number of anilines is 2. The normalized spacial score (nSPS) is 11.2. The molecule has 0 aliphatic carbocycles. The maximum atomic E-state index is 13.0. The van der Waals surface area contributed by atoms with Gasteiger partial charge in [0.1, 0.15) is 10.7 Å². The van der Waals surface area contributed by atoms with Gasteiger partial charge in [-0.25, -0.2) is 28.0 Å². The number of nitrogens with zero attached hydrogens (tertiary/aromatic N) is 1. The average molecular weight is 300 g/mol. The van der Waals surface area contributed by atoms with Crippen molar-refractivity contribution in [2.45, 2.75) is 4.90 Å². The molecule has 0 unspecified atom stereocenters. The first-order chi connectivity index (χ1) is 9.42. The van der Waals surface area contributed by atoms with E-state index in [2.05, 4.69) is 15.1 Å². The molecule has 4 N–H and O–H groups in total. The first kappa shape index (κ1) is 14.2. The molecule has 0 saturated carbocycles. The van der Waals surface area contributed by atoms with Gasteiger partial charge in [0.15, 0.2) is 11.6 Å². The van der Waals surface area contributed by atoms with Crippen molar-refractivity contribution in [2.24, 2.45) is 5.84 Å². The van der Waals surface area contributed by atoms with Crippen molar-refractivity contribution in [1.82, 2.24) is 4.98 Å². The molecule has 0 saturated heterocycles. The first-order valence-corrected chi connectivity index (χ1v) is 6.81. The molecule has 0 aliphatic rings. The van der Waals surface area contributed by atoms with Gasteiger partial charge >= 0.3 is 0 Å². The fraction of sp³-hybridized carbons (Fsp3) is 0. The fourth-order valence-corrected chi connectivity index (χ4v) is 2.39. The largest absolute Gasteiger partial charge is 0.308 e. The van der Waals surface area contributed by atoms with Gasteiger partial charge in [0, 0.05) is 12.3 Å². The van der Waals surface area contributed by atoms with Gasteiger partial charge in [0.25, 0.3) is 10.0 Å². The second-order valence-electron chi connectivity index (χ2n) is 3.76. The van der Waals surface area contributed by atoms with Crippen LogP contribution in [-0.2, 0) is 10.0 Å². The van der Waals surface area contributed by atoms with Crippen molar-refractivity contribution >= 4 is 21.5 Å². The molecule has 6 nitrogen and oxygen atoms in total. The molecule has 0 amide bonds. The summed E-state index contributed by atoms with van der Waals surface area (Å²) in [5, 5.41) is 0. The van der Waals surface area contributed by atoms with Gasteiger partial charge in [-0.3, -0.25) is 4.72 Å². The lowest BCUT2D eigenvalue weighted by Gasteiger charge is -2.08. The third kappa shape index (κ3) is 3.00. The Morgan fingerprint density at radius 3 is 2.40 bits per heavy atom. The zero-order valence-electron chi connectivity index (χ0n) is 9.97. The van der Waals surface area contributed by atoms with Crippen molar-refractivity contribution in [2.75, 3.05) is 10.1 Å². The van der Waals surface area contributed by atoms with Crippen LogP contribution in [0.25, 0.3) is 0 Å². The molecular formula is C11H10F2N4O2S. The quantitative estimate of drug-likeness (QED) is 0.586. The average Bonchev–Trinajstić information content (AvgIpc) is 2.43. The molecule has 1 aromatic heterocycles. The molecule has 0 fully saturated rings. The van der Waals surface area contributed by atoms with Crippen LogP contribution in [0.5, 0.6) is 0 Å². The van der Waals surface area contributed by atoms with E-state index < -0.39 is 21.7 Å². The van der Waals surface area contributed by atoms with Crippen LogP contribution in [0.3, 0.4) is 0 Å². The van der Waals surface area contributed by atoms with Gasteiger partial charge in [-0.2, -0.15) is 0 Å². The molecule has 20 heavy (non-hydrogen) atoms. The minimum Gasteiger partial charge on any atom is -0.308 e. The second kappa shape index (κ2) is 5.39. The number of pyridine rings is 1. The van der Waals surface area contributed by atoms with Gasteiger partial charge in [-0.05, 0) is 24.3 Å². The lowest BCUT2D eigenvalue weighted by Crippen LogP contribution is -2.14. The maximum Gasteiger partial charge on any atom is 0.263 e. The Balaban J connectivity index is 2.27. The number of rotatable bonds is 4. The van der Waals surface area contributed by atoms with E-state index in [1.165, 1.54) is 12.1 Å². The number of hydrazine groups is 1. The molecule has 0 aliphatic heterocycles. The Morgan fingerprint density at radius 1 is 1.10 bits per heavy atom. The highest BCUT2D eigenvalue weighted by atomic mass is 32.2. The molecule has 2 rings (SSSR count). The number of nitrogens with one attached hydrogen (secondary N) is 2. The van der Waals surface area contributed by atoms with Gasteiger partial charge < -0.3 is 5.43 Å². The monoisotopic (exact) mass is 300 g/mol. The Kier molecular flexibility index (Phi) is 3.81. The van der Waals surface area contributed by atoms with Crippen LogP contribution in [0.4, 0.5) is 20.3 Å². The summed E-state index contributed by atoms with van der Waals surface area (Å²) in [6, 6.07) is 5.31. The highest BCUT2D eigenvalue weighted by molar-refractivity contribution is 7.92. The highest BCUT2D eigenvalue weighted by Gasteiger charge is 2.15. The number of nitrogens with two attached hydrogens (primary N) is 1. The molecule has 0 bridgehead atoms. The number of aromatic nitrogens is 1. The van der Waals surface area contributed by atoms with E-state index in [-0.39, 0.29) is 16.4 Å². The van der Waals surface area contributed by atoms with E-state index >= 15 is 0 Å². The summed E-state index contributed by atoms with van der Waals surface area (Å²) in [6.45, 7) is 0. The van der Waals surface area contributed by atoms with Gasteiger partial charge in [0.05, 0.1) is 5.69 Å². The number of hydrogen-bond acceptors (Lipinski definition) is 5. The van der Waals surface area contributed by atoms with Crippen molar-refractivity contribution < 1.29 is 17.2 Å². The summed E-state index contributed by atoms with van der Waals surface area (Å²) < 4.78 is 51.8. The van der Waals surface area contributed by atoms with Crippen molar-refractivity contribution in [3.8, 4) is 0 Å². The molecule has 2 aromatic rings. The second-order valence-corrected chi connectivity index (χ2v) is 5.44. The highest BCUT2D eigenvalue weighted by Crippen LogP contribution is 2.18. The van der Waals surface area contributed by atoms with Crippen LogP contribution in [0.1, 0.15) is 0 Å². The molecule has 0 atom stereocenters. The van der Waals surface area contributed by atoms with E-state index in [1.807, 2.05) is 0 Å². The van der Waals surface area contributed by atoms with Crippen molar-refractivity contribution in [1.29, 1.82) is 0 Å². The minimum absolute atomic E-state index is 0.0927. The number of hydrogen-bond donors (Lipinski definition) is 3. The van der Waals surface area contributed by atoms with Crippen LogP contribution in [0.2, 0.25) is 0 Å². The van der Waals surface area contributed by atoms with Crippen molar-refractivity contribution in [3.63, 3.8) is 0 Å². The standard InChI is InChI=1S/C11H10F2N4O2S/c12-9-3-1-7(5-10(9)13)17-20(18,19)8-2-4-11(16-14)15-6-8/h1-6,17H,14H2,(H,15,16). The Hall–Kier alpha value is -2.26. The lowest BCUT2D eigenvalue weighted by molar-refractivity contribution is 0.509. The molecule has 0 radical (unpaired) electrons. The van der Waals surface area contributed by atoms with Crippen LogP contribution < -0.4 is 16.0 Å². The number of halogens is 2. The Labute approximate surface area is 113 Å². The molecule has 106 valence electrons. The minimum atomic E-state index is -3.94. The summed E-state index contributed by atoms with van der Waals surface area (Å²) in [5.41, 5.74) is 2.16.